The third kappa shape index (κ3) is 2.46. The van der Waals surface area contributed by atoms with Crippen LogP contribution in [0.4, 0.5) is 0 Å². The van der Waals surface area contributed by atoms with E-state index < -0.39 is 7.66 Å². The highest BCUT2D eigenvalue weighted by atomic mass is 31.2. The van der Waals surface area contributed by atoms with Crippen LogP contribution in [0.25, 0.3) is 0 Å². The minimum absolute atomic E-state index is 0.481. The van der Waals surface area contributed by atoms with E-state index in [-0.39, 0.29) is 0 Å². The molecule has 0 saturated carbocycles. The van der Waals surface area contributed by atoms with E-state index in [1.165, 1.54) is 0 Å². The van der Waals surface area contributed by atoms with E-state index in [1.54, 1.807) is 12.1 Å². The fourth-order valence-corrected chi connectivity index (χ4v) is 3.90. The lowest BCUT2D eigenvalue weighted by molar-refractivity contribution is 0.475. The van der Waals surface area contributed by atoms with Crippen molar-refractivity contribution in [1.29, 1.82) is 0 Å². The van der Waals surface area contributed by atoms with Gasteiger partial charge in [-0.3, -0.25) is 0 Å². The number of hydrogen-bond acceptors (Lipinski definition) is 4. The zero-order valence-electron chi connectivity index (χ0n) is 6.93. The summed E-state index contributed by atoms with van der Waals surface area (Å²) in [5.74, 6) is 0.572. The second kappa shape index (κ2) is 4.29. The third-order valence-electron chi connectivity index (χ3n) is 1.36. The Morgan fingerprint density at radius 1 is 1.21 bits per heavy atom. The number of rotatable bonds is 2. The average molecular weight is 245 g/mol. The zero-order chi connectivity index (χ0) is 9.86. The van der Waals surface area contributed by atoms with E-state index in [1.807, 2.05) is 18.2 Å². The molecule has 8 heteroatoms. The molecular weight excluding hydrogens is 239 g/mol. The van der Waals surface area contributed by atoms with Crippen molar-refractivity contribution < 1.29 is 9.42 Å². The molecule has 1 aromatic carbocycles. The van der Waals surface area contributed by atoms with Crippen LogP contribution in [-0.4, -0.2) is 4.89 Å². The summed E-state index contributed by atoms with van der Waals surface area (Å²) in [7, 11) is -1.99. The molecule has 1 heterocycles. The normalized spacial score (nSPS) is 26.6. The summed E-state index contributed by atoms with van der Waals surface area (Å²) in [5, 5.41) is 0. The predicted octanol–water partition coefficient (Wildman–Crippen LogP) is 4.11. The highest BCUT2D eigenvalue weighted by Crippen LogP contribution is 2.55. The largest absolute Gasteiger partial charge is 0.422 e. The molecule has 0 bridgehead atoms. The molecule has 72 valence electrons. The molecule has 5 nitrogen and oxygen atoms in total. The first kappa shape index (κ1) is 9.95. The van der Waals surface area contributed by atoms with Gasteiger partial charge in [0, 0.05) is 0 Å². The van der Waals surface area contributed by atoms with Crippen molar-refractivity contribution in [2.75, 3.05) is 0 Å². The van der Waals surface area contributed by atoms with Crippen LogP contribution in [-0.2, 0) is 0 Å². The molecule has 1 aliphatic rings. The molecule has 2 rings (SSSR count). The number of para-hydroxylation sites is 1. The van der Waals surface area contributed by atoms with E-state index >= 15 is 0 Å². The Morgan fingerprint density at radius 3 is 2.64 bits per heavy atom. The SMILES string of the molecule is OP1(Oc2ccccc2)=NP=NP=N1. The second-order valence-electron chi connectivity index (χ2n) is 2.36. The molecule has 1 aliphatic heterocycles. The standard InChI is InChI=1S/C6H6N3O2P3/c10-14(8-12-7-13-9-14)11-6-4-2-1-3-5-6/h1-5,10H. The quantitative estimate of drug-likeness (QED) is 0.796. The van der Waals surface area contributed by atoms with E-state index in [2.05, 4.69) is 13.5 Å². The summed E-state index contributed by atoms with van der Waals surface area (Å²) < 4.78 is 16.8. The molecule has 0 saturated heterocycles. The van der Waals surface area contributed by atoms with Crippen LogP contribution in [0, 0.1) is 0 Å². The predicted molar refractivity (Wildman–Crippen MR) is 57.3 cm³/mol. The van der Waals surface area contributed by atoms with Gasteiger partial charge in [-0.2, -0.15) is 4.52 Å². The van der Waals surface area contributed by atoms with Crippen LogP contribution < -0.4 is 4.52 Å². The Bertz CT molecular complexity index is 431. The van der Waals surface area contributed by atoms with Crippen molar-refractivity contribution in [3.05, 3.63) is 30.3 Å². The molecule has 1 aromatic rings. The number of nitrogens with zero attached hydrogens (tertiary/aromatic N) is 3. The summed E-state index contributed by atoms with van der Waals surface area (Å²) in [6.07, 6.45) is 0. The second-order valence-corrected chi connectivity index (χ2v) is 6.08. The molecule has 1 unspecified atom stereocenters. The summed E-state index contributed by atoms with van der Waals surface area (Å²) >= 11 is 0. The third-order valence-corrected chi connectivity index (χ3v) is 4.96. The topological polar surface area (TPSA) is 66.5 Å². The van der Waals surface area contributed by atoms with Crippen molar-refractivity contribution in [3.8, 4) is 5.75 Å². The lowest BCUT2D eigenvalue weighted by Gasteiger charge is -2.12. The van der Waals surface area contributed by atoms with E-state index in [0.29, 0.717) is 22.8 Å². The van der Waals surface area contributed by atoms with Crippen LogP contribution in [0.5, 0.6) is 5.75 Å². The van der Waals surface area contributed by atoms with Crippen LogP contribution >= 0.6 is 24.7 Å². The Labute approximate surface area is 84.3 Å². The van der Waals surface area contributed by atoms with E-state index in [4.69, 9.17) is 4.52 Å². The molecule has 0 spiro atoms. The van der Waals surface area contributed by atoms with Crippen molar-refractivity contribution in [3.63, 3.8) is 0 Å². The van der Waals surface area contributed by atoms with E-state index in [9.17, 15) is 4.89 Å². The Morgan fingerprint density at radius 2 is 2.00 bits per heavy atom. The first-order valence-electron chi connectivity index (χ1n) is 3.70. The molecule has 1 atom stereocenters. The fraction of sp³-hybridized carbons (Fsp3) is 0. The minimum Gasteiger partial charge on any atom is -0.422 e. The maximum absolute atomic E-state index is 9.81. The molecular formula is C6H6N3O2P3. The van der Waals surface area contributed by atoms with Gasteiger partial charge in [-0.25, -0.2) is 0 Å². The Hall–Kier alpha value is -0.590. The smallest absolute Gasteiger partial charge is 0.402 e. The summed E-state index contributed by atoms with van der Waals surface area (Å²) in [5.41, 5.74) is 0. The van der Waals surface area contributed by atoms with Gasteiger partial charge in [0.15, 0.2) is 17.0 Å². The zero-order valence-corrected chi connectivity index (χ0v) is 9.61. The molecule has 14 heavy (non-hydrogen) atoms. The van der Waals surface area contributed by atoms with Gasteiger partial charge in [0.05, 0.1) is 0 Å². The molecule has 0 radical (unpaired) electrons. The minimum atomic E-state index is -2.95. The molecule has 0 amide bonds. The number of hydrogen-bond donors (Lipinski definition) is 1. The first-order valence-corrected chi connectivity index (χ1v) is 6.86. The molecule has 0 aliphatic carbocycles. The fourth-order valence-electron chi connectivity index (χ4n) is 0.835. The van der Waals surface area contributed by atoms with Crippen LogP contribution in [0.15, 0.2) is 43.9 Å². The van der Waals surface area contributed by atoms with Gasteiger partial charge in [0.1, 0.15) is 5.75 Å². The van der Waals surface area contributed by atoms with Crippen molar-refractivity contribution in [1.82, 2.24) is 0 Å². The van der Waals surface area contributed by atoms with Gasteiger partial charge in [0.25, 0.3) is 0 Å². The van der Waals surface area contributed by atoms with Crippen LogP contribution in [0.3, 0.4) is 0 Å². The highest BCUT2D eigenvalue weighted by molar-refractivity contribution is 7.64. The van der Waals surface area contributed by atoms with Crippen LogP contribution in [0.1, 0.15) is 0 Å². The lowest BCUT2D eigenvalue weighted by atomic mass is 10.3. The van der Waals surface area contributed by atoms with Gasteiger partial charge >= 0.3 is 7.66 Å². The van der Waals surface area contributed by atoms with E-state index in [0.717, 1.165) is 0 Å². The van der Waals surface area contributed by atoms with Crippen molar-refractivity contribution in [2.45, 2.75) is 0 Å². The number of benzene rings is 1. The molecule has 1 N–H and O–H groups in total. The van der Waals surface area contributed by atoms with Gasteiger partial charge in [-0.1, -0.05) is 18.2 Å². The molecule has 0 aromatic heterocycles. The Kier molecular flexibility index (Phi) is 3.05. The Balaban J connectivity index is 2.23. The van der Waals surface area contributed by atoms with Gasteiger partial charge in [-0.15, -0.1) is 9.03 Å². The maximum atomic E-state index is 9.81. The van der Waals surface area contributed by atoms with Gasteiger partial charge < -0.3 is 9.42 Å². The van der Waals surface area contributed by atoms with Crippen molar-refractivity contribution in [2.24, 2.45) is 13.5 Å². The highest BCUT2D eigenvalue weighted by Gasteiger charge is 2.18. The monoisotopic (exact) mass is 245 g/mol. The van der Waals surface area contributed by atoms with Gasteiger partial charge in [0.2, 0.25) is 0 Å². The van der Waals surface area contributed by atoms with Gasteiger partial charge in [-0.05, 0) is 12.1 Å². The molecule has 0 fully saturated rings. The van der Waals surface area contributed by atoms with Crippen LogP contribution in [0.2, 0.25) is 0 Å². The summed E-state index contributed by atoms with van der Waals surface area (Å²) in [6.45, 7) is 0. The lowest BCUT2D eigenvalue weighted by Crippen LogP contribution is -1.87. The summed E-state index contributed by atoms with van der Waals surface area (Å²) in [6, 6.07) is 9.03. The van der Waals surface area contributed by atoms with Crippen molar-refractivity contribution >= 4 is 24.7 Å². The first-order chi connectivity index (χ1) is 6.79. The summed E-state index contributed by atoms with van der Waals surface area (Å²) in [4.78, 5) is 9.81. The average Bonchev–Trinajstić information content (AvgIpc) is 2.19. The maximum Gasteiger partial charge on any atom is 0.402 e.